The molecule has 0 aliphatic carbocycles. The Morgan fingerprint density at radius 1 is 1.45 bits per heavy atom. The van der Waals surface area contributed by atoms with E-state index in [4.69, 9.17) is 9.47 Å². The van der Waals surface area contributed by atoms with Gasteiger partial charge in [0, 0.05) is 25.2 Å². The zero-order chi connectivity index (χ0) is 15.5. The Balaban J connectivity index is 1.73. The second-order valence-electron chi connectivity index (χ2n) is 5.29. The molecule has 6 heteroatoms. The van der Waals surface area contributed by atoms with Crippen LogP contribution in [0.2, 0.25) is 0 Å². The van der Waals surface area contributed by atoms with Gasteiger partial charge >= 0.3 is 0 Å². The van der Waals surface area contributed by atoms with Gasteiger partial charge in [-0.25, -0.2) is 4.98 Å². The van der Waals surface area contributed by atoms with E-state index in [1.807, 2.05) is 30.5 Å². The zero-order valence-electron chi connectivity index (χ0n) is 12.7. The van der Waals surface area contributed by atoms with Crippen molar-refractivity contribution < 1.29 is 14.3 Å². The Morgan fingerprint density at radius 2 is 2.23 bits per heavy atom. The summed E-state index contributed by atoms with van der Waals surface area (Å²) in [6.07, 6.45) is 2.01. The first-order valence-electron chi connectivity index (χ1n) is 7.22. The van der Waals surface area contributed by atoms with Crippen molar-refractivity contribution in [1.82, 2.24) is 14.9 Å². The first-order valence-corrected chi connectivity index (χ1v) is 7.22. The molecule has 0 radical (unpaired) electrons. The standard InChI is InChI=1S/C16H19N3O3/c1-11(20)17-7-14-8-19-9-15(18-16(19)10-22-14)12-3-5-13(21-2)6-4-12/h3-6,9,14H,7-8,10H2,1-2H3,(H,17,20)/t14-/m0/s1. The lowest BCUT2D eigenvalue weighted by Gasteiger charge is -2.24. The van der Waals surface area contributed by atoms with Crippen LogP contribution in [-0.2, 0) is 22.7 Å². The summed E-state index contributed by atoms with van der Waals surface area (Å²) >= 11 is 0. The van der Waals surface area contributed by atoms with Crippen LogP contribution in [0.1, 0.15) is 12.7 Å². The summed E-state index contributed by atoms with van der Waals surface area (Å²) in [6.45, 7) is 3.18. The Hall–Kier alpha value is -2.34. The SMILES string of the molecule is COc1ccc(-c2cn3c(n2)CO[C@@H](CNC(C)=O)C3)cc1. The minimum atomic E-state index is -0.0426. The fourth-order valence-corrected chi connectivity index (χ4v) is 2.47. The number of amides is 1. The topological polar surface area (TPSA) is 65.4 Å². The second kappa shape index (κ2) is 6.19. The number of benzene rings is 1. The highest BCUT2D eigenvalue weighted by molar-refractivity contribution is 5.72. The van der Waals surface area contributed by atoms with Crippen molar-refractivity contribution in [1.29, 1.82) is 0 Å². The minimum absolute atomic E-state index is 0.0192. The van der Waals surface area contributed by atoms with E-state index in [-0.39, 0.29) is 12.0 Å². The van der Waals surface area contributed by atoms with Gasteiger partial charge in [-0.15, -0.1) is 0 Å². The van der Waals surface area contributed by atoms with Gasteiger partial charge in [-0.2, -0.15) is 0 Å². The third-order valence-electron chi connectivity index (χ3n) is 3.67. The van der Waals surface area contributed by atoms with Crippen molar-refractivity contribution >= 4 is 5.91 Å². The number of rotatable bonds is 4. The van der Waals surface area contributed by atoms with Crippen molar-refractivity contribution in [3.8, 4) is 17.0 Å². The Labute approximate surface area is 129 Å². The molecule has 1 N–H and O–H groups in total. The molecule has 1 aliphatic rings. The van der Waals surface area contributed by atoms with Crippen LogP contribution in [0, 0.1) is 0 Å². The zero-order valence-corrected chi connectivity index (χ0v) is 12.7. The van der Waals surface area contributed by atoms with Crippen LogP contribution in [0.3, 0.4) is 0 Å². The summed E-state index contributed by atoms with van der Waals surface area (Å²) in [7, 11) is 1.65. The van der Waals surface area contributed by atoms with Gasteiger partial charge in [-0.1, -0.05) is 0 Å². The normalized spacial score (nSPS) is 16.9. The first-order chi connectivity index (χ1) is 10.7. The van der Waals surface area contributed by atoms with Gasteiger partial charge in [-0.05, 0) is 24.3 Å². The summed E-state index contributed by atoms with van der Waals surface area (Å²) in [4.78, 5) is 15.6. The fourth-order valence-electron chi connectivity index (χ4n) is 2.47. The minimum Gasteiger partial charge on any atom is -0.497 e. The van der Waals surface area contributed by atoms with Crippen LogP contribution >= 0.6 is 0 Å². The lowest BCUT2D eigenvalue weighted by atomic mass is 10.2. The average molecular weight is 301 g/mol. The summed E-state index contributed by atoms with van der Waals surface area (Å²) in [6, 6.07) is 7.82. The molecule has 3 rings (SSSR count). The number of hydrogen-bond acceptors (Lipinski definition) is 4. The highest BCUT2D eigenvalue weighted by Gasteiger charge is 2.21. The maximum absolute atomic E-state index is 11.0. The van der Waals surface area contributed by atoms with E-state index in [0.717, 1.165) is 22.8 Å². The highest BCUT2D eigenvalue weighted by atomic mass is 16.5. The number of carbonyl (C=O) groups is 1. The molecular weight excluding hydrogens is 282 g/mol. The molecule has 0 saturated heterocycles. The summed E-state index contributed by atoms with van der Waals surface area (Å²) in [5.41, 5.74) is 1.96. The molecule has 1 aliphatic heterocycles. The molecule has 1 atom stereocenters. The fraction of sp³-hybridized carbons (Fsp3) is 0.375. The van der Waals surface area contributed by atoms with Gasteiger partial charge in [-0.3, -0.25) is 4.79 Å². The molecule has 0 saturated carbocycles. The monoisotopic (exact) mass is 301 g/mol. The number of methoxy groups -OCH3 is 1. The van der Waals surface area contributed by atoms with Crippen molar-refractivity contribution in [3.05, 3.63) is 36.3 Å². The third kappa shape index (κ3) is 3.12. The van der Waals surface area contributed by atoms with Gasteiger partial charge in [0.25, 0.3) is 0 Å². The van der Waals surface area contributed by atoms with Crippen LogP contribution in [-0.4, -0.2) is 35.2 Å². The molecular formula is C16H19N3O3. The van der Waals surface area contributed by atoms with Crippen LogP contribution < -0.4 is 10.1 Å². The van der Waals surface area contributed by atoms with Gasteiger partial charge in [0.1, 0.15) is 18.2 Å². The largest absolute Gasteiger partial charge is 0.497 e. The molecule has 1 aromatic heterocycles. The quantitative estimate of drug-likeness (QED) is 0.931. The van der Waals surface area contributed by atoms with Crippen LogP contribution in [0.15, 0.2) is 30.5 Å². The van der Waals surface area contributed by atoms with Gasteiger partial charge in [0.15, 0.2) is 0 Å². The highest BCUT2D eigenvalue weighted by Crippen LogP contribution is 2.24. The molecule has 2 aromatic rings. The van der Waals surface area contributed by atoms with Crippen molar-refractivity contribution in [2.24, 2.45) is 0 Å². The molecule has 6 nitrogen and oxygen atoms in total. The van der Waals surface area contributed by atoms with Gasteiger partial charge in [0.05, 0.1) is 25.5 Å². The van der Waals surface area contributed by atoms with Crippen LogP contribution in [0.5, 0.6) is 5.75 Å². The van der Waals surface area contributed by atoms with Gasteiger partial charge < -0.3 is 19.4 Å². The van der Waals surface area contributed by atoms with E-state index in [2.05, 4.69) is 14.9 Å². The molecule has 0 unspecified atom stereocenters. The van der Waals surface area contributed by atoms with Crippen molar-refractivity contribution in [3.63, 3.8) is 0 Å². The third-order valence-corrected chi connectivity index (χ3v) is 3.67. The molecule has 0 spiro atoms. The van der Waals surface area contributed by atoms with E-state index in [1.165, 1.54) is 6.92 Å². The maximum atomic E-state index is 11.0. The van der Waals surface area contributed by atoms with Crippen molar-refractivity contribution in [2.75, 3.05) is 13.7 Å². The first kappa shape index (κ1) is 14.6. The molecule has 116 valence electrons. The van der Waals surface area contributed by atoms with E-state index >= 15 is 0 Å². The summed E-state index contributed by atoms with van der Waals surface area (Å²) < 4.78 is 13.0. The Bertz CT molecular complexity index is 664. The number of hydrogen-bond donors (Lipinski definition) is 1. The Morgan fingerprint density at radius 3 is 2.91 bits per heavy atom. The molecule has 1 aromatic carbocycles. The lowest BCUT2D eigenvalue weighted by molar-refractivity contribution is -0.120. The lowest BCUT2D eigenvalue weighted by Crippen LogP contribution is -2.37. The molecule has 2 heterocycles. The number of nitrogens with zero attached hydrogens (tertiary/aromatic N) is 2. The number of imidazole rings is 1. The smallest absolute Gasteiger partial charge is 0.216 e. The molecule has 1 amide bonds. The maximum Gasteiger partial charge on any atom is 0.216 e. The van der Waals surface area contributed by atoms with Crippen LogP contribution in [0.4, 0.5) is 0 Å². The number of ether oxygens (including phenoxy) is 2. The van der Waals surface area contributed by atoms with Crippen molar-refractivity contribution in [2.45, 2.75) is 26.2 Å². The van der Waals surface area contributed by atoms with Crippen LogP contribution in [0.25, 0.3) is 11.3 Å². The molecule has 0 fully saturated rings. The van der Waals surface area contributed by atoms with E-state index in [9.17, 15) is 4.79 Å². The number of nitrogens with one attached hydrogen (secondary N) is 1. The number of aromatic nitrogens is 2. The number of fused-ring (bicyclic) bond motifs is 1. The number of carbonyl (C=O) groups excluding carboxylic acids is 1. The second-order valence-corrected chi connectivity index (χ2v) is 5.29. The van der Waals surface area contributed by atoms with E-state index in [1.54, 1.807) is 7.11 Å². The Kier molecular flexibility index (Phi) is 4.11. The van der Waals surface area contributed by atoms with Gasteiger partial charge in [0.2, 0.25) is 5.91 Å². The summed E-state index contributed by atoms with van der Waals surface area (Å²) in [5.74, 6) is 1.69. The predicted octanol–water partition coefficient (Wildman–Crippen LogP) is 1.59. The van der Waals surface area contributed by atoms with E-state index in [0.29, 0.717) is 19.7 Å². The predicted molar refractivity (Wildman–Crippen MR) is 81.5 cm³/mol. The summed E-state index contributed by atoms with van der Waals surface area (Å²) in [5, 5.41) is 2.79. The van der Waals surface area contributed by atoms with E-state index < -0.39 is 0 Å². The molecule has 0 bridgehead atoms. The molecule has 22 heavy (non-hydrogen) atoms. The average Bonchev–Trinajstić information content (AvgIpc) is 2.96.